The zero-order chi connectivity index (χ0) is 35.1. The van der Waals surface area contributed by atoms with Crippen molar-refractivity contribution in [3.05, 3.63) is 0 Å². The Labute approximate surface area is 278 Å². The van der Waals surface area contributed by atoms with E-state index in [-0.39, 0.29) is 69.5 Å². The van der Waals surface area contributed by atoms with Crippen LogP contribution in [0.3, 0.4) is 0 Å². The average Bonchev–Trinajstić information content (AvgIpc) is 2.91. The second-order valence-electron chi connectivity index (χ2n) is 12.3. The Morgan fingerprint density at radius 3 is 1.46 bits per heavy atom. The SMILES string of the molecule is CC(C)(C)OCC(O)CN(CCNCCNCCN(CCN)CC(O)COCCCS(O)(O)O)CC(O)COCCCS(O)(O)O. The predicted molar refractivity (Wildman–Crippen MR) is 183 cm³/mol. The van der Waals surface area contributed by atoms with Crippen LogP contribution < -0.4 is 16.4 Å². The Bertz CT molecular complexity index is 720. The molecule has 0 saturated heterocycles. The molecule has 0 fully saturated rings. The van der Waals surface area contributed by atoms with Crippen molar-refractivity contribution < 1.29 is 56.8 Å². The molecule has 0 bridgehead atoms. The molecule has 282 valence electrons. The molecule has 46 heavy (non-hydrogen) atoms. The van der Waals surface area contributed by atoms with E-state index in [9.17, 15) is 15.3 Å². The molecule has 0 spiro atoms. The average molecular weight is 716 g/mol. The Kier molecular flexibility index (Phi) is 25.9. The van der Waals surface area contributed by atoms with E-state index in [1.54, 1.807) is 0 Å². The lowest BCUT2D eigenvalue weighted by atomic mass is 10.2. The maximum Gasteiger partial charge on any atom is 0.0900 e. The number of aliphatic hydroxyl groups is 3. The van der Waals surface area contributed by atoms with Crippen LogP contribution in [0.25, 0.3) is 0 Å². The fraction of sp³-hybridized carbons (Fsp3) is 1.00. The normalized spacial score (nSPS) is 15.9. The maximum atomic E-state index is 10.5. The Balaban J connectivity index is 4.40. The van der Waals surface area contributed by atoms with Gasteiger partial charge in [0.2, 0.25) is 0 Å². The van der Waals surface area contributed by atoms with Gasteiger partial charge in [0.25, 0.3) is 0 Å². The zero-order valence-electron chi connectivity index (χ0n) is 27.9. The zero-order valence-corrected chi connectivity index (χ0v) is 29.5. The highest BCUT2D eigenvalue weighted by Crippen LogP contribution is 2.33. The van der Waals surface area contributed by atoms with E-state index >= 15 is 0 Å². The fourth-order valence-electron chi connectivity index (χ4n) is 4.18. The molecule has 17 nitrogen and oxygen atoms in total. The van der Waals surface area contributed by atoms with Gasteiger partial charge in [0.1, 0.15) is 0 Å². The van der Waals surface area contributed by atoms with Crippen molar-refractivity contribution in [1.82, 2.24) is 20.4 Å². The van der Waals surface area contributed by atoms with E-state index in [0.717, 1.165) is 0 Å². The molecule has 3 atom stereocenters. The highest BCUT2D eigenvalue weighted by atomic mass is 32.3. The summed E-state index contributed by atoms with van der Waals surface area (Å²) < 4.78 is 70.4. The molecule has 0 aromatic rings. The van der Waals surface area contributed by atoms with Crippen molar-refractivity contribution in [2.75, 3.05) is 117 Å². The first-order valence-corrected chi connectivity index (χ1v) is 19.1. The number of nitrogens with zero attached hydrogens (tertiary/aromatic N) is 2. The van der Waals surface area contributed by atoms with Crippen molar-refractivity contribution in [3.63, 3.8) is 0 Å². The molecule has 0 radical (unpaired) electrons. The Morgan fingerprint density at radius 1 is 0.630 bits per heavy atom. The van der Waals surface area contributed by atoms with Crippen LogP contribution in [0.2, 0.25) is 0 Å². The summed E-state index contributed by atoms with van der Waals surface area (Å²) in [5, 5.41) is 37.9. The third kappa shape index (κ3) is 32.6. The van der Waals surface area contributed by atoms with Crippen molar-refractivity contribution >= 4 is 21.7 Å². The number of rotatable bonds is 31. The summed E-state index contributed by atoms with van der Waals surface area (Å²) in [6, 6.07) is 0. The largest absolute Gasteiger partial charge is 0.389 e. The fourth-order valence-corrected chi connectivity index (χ4v) is 5.19. The molecule has 0 amide bonds. The number of ether oxygens (including phenoxy) is 3. The molecule has 0 aromatic heterocycles. The topological polar surface area (TPSA) is 266 Å². The molecule has 3 unspecified atom stereocenters. The van der Waals surface area contributed by atoms with Gasteiger partial charge in [0.05, 0.1) is 65.5 Å². The van der Waals surface area contributed by atoms with E-state index in [0.29, 0.717) is 65.4 Å². The van der Waals surface area contributed by atoms with Crippen molar-refractivity contribution in [2.24, 2.45) is 5.73 Å². The number of nitrogens with two attached hydrogens (primary N) is 1. The summed E-state index contributed by atoms with van der Waals surface area (Å²) in [6.45, 7) is 12.2. The van der Waals surface area contributed by atoms with Gasteiger partial charge >= 0.3 is 0 Å². The summed E-state index contributed by atoms with van der Waals surface area (Å²) in [5.41, 5.74) is 5.33. The van der Waals surface area contributed by atoms with Gasteiger partial charge in [-0.05, 0) is 33.6 Å². The van der Waals surface area contributed by atoms with Crippen LogP contribution in [0.1, 0.15) is 33.6 Å². The van der Waals surface area contributed by atoms with Crippen molar-refractivity contribution in [3.8, 4) is 0 Å². The highest BCUT2D eigenvalue weighted by Gasteiger charge is 2.19. The number of hydrogen-bond acceptors (Lipinski definition) is 17. The molecular formula is C27H65N5O12S2. The van der Waals surface area contributed by atoms with E-state index in [4.69, 9.17) is 47.3 Å². The minimum atomic E-state index is -3.55. The van der Waals surface area contributed by atoms with E-state index in [1.165, 1.54) is 0 Å². The summed E-state index contributed by atoms with van der Waals surface area (Å²) in [7, 11) is -7.07. The molecule has 0 aliphatic carbocycles. The van der Waals surface area contributed by atoms with Gasteiger partial charge < -0.3 is 73.2 Å². The molecule has 19 heteroatoms. The molecule has 0 heterocycles. The van der Waals surface area contributed by atoms with Crippen LogP contribution in [0.4, 0.5) is 0 Å². The van der Waals surface area contributed by atoms with Gasteiger partial charge in [-0.2, -0.15) is 0 Å². The lowest BCUT2D eigenvalue weighted by Gasteiger charge is -2.29. The third-order valence-electron chi connectivity index (χ3n) is 6.28. The van der Waals surface area contributed by atoms with E-state index < -0.39 is 40.1 Å². The van der Waals surface area contributed by atoms with Gasteiger partial charge in [-0.3, -0.25) is 9.80 Å². The second kappa shape index (κ2) is 25.9. The van der Waals surface area contributed by atoms with Gasteiger partial charge in [-0.1, -0.05) is 0 Å². The van der Waals surface area contributed by atoms with Crippen LogP contribution in [-0.2, 0) is 14.2 Å². The summed E-state index contributed by atoms with van der Waals surface area (Å²) in [5.74, 6) is -0.347. The van der Waals surface area contributed by atoms with E-state index in [1.807, 2.05) is 30.6 Å². The van der Waals surface area contributed by atoms with Crippen LogP contribution in [-0.4, -0.2) is 193 Å². The standard InChI is InChI=1S/C27H65N5O12S2/c1-27(2,3)44-23-26(35)20-32(19-25(34)22-43-15-5-17-46(39,40)41)13-10-30-8-7-29-9-12-31(11-6-28)18-24(33)21-42-14-4-16-45(36,37)38/h24-26,29-30,33-41H,4-23,28H2,1-3H3. The molecule has 0 saturated carbocycles. The summed E-state index contributed by atoms with van der Waals surface area (Å²) in [4.78, 5) is 3.95. The van der Waals surface area contributed by atoms with Gasteiger partial charge in [-0.25, -0.2) is 0 Å². The monoisotopic (exact) mass is 715 g/mol. The molecule has 0 rings (SSSR count). The van der Waals surface area contributed by atoms with E-state index in [2.05, 4.69) is 10.6 Å². The highest BCUT2D eigenvalue weighted by molar-refractivity contribution is 8.19. The summed E-state index contributed by atoms with van der Waals surface area (Å²) >= 11 is 0. The molecular weight excluding hydrogens is 650 g/mol. The van der Waals surface area contributed by atoms with Gasteiger partial charge in [0, 0.05) is 96.7 Å². The first-order valence-electron chi connectivity index (χ1n) is 15.8. The van der Waals surface area contributed by atoms with Gasteiger partial charge in [-0.15, -0.1) is 0 Å². The lowest BCUT2D eigenvalue weighted by molar-refractivity contribution is -0.0601. The maximum absolute atomic E-state index is 10.5. The molecule has 0 aromatic carbocycles. The second-order valence-corrected chi connectivity index (χ2v) is 15.6. The van der Waals surface area contributed by atoms with Crippen LogP contribution in [0.15, 0.2) is 0 Å². The first-order chi connectivity index (χ1) is 21.4. The number of nitrogens with one attached hydrogen (secondary N) is 2. The molecule has 0 aliphatic heterocycles. The van der Waals surface area contributed by atoms with Crippen molar-refractivity contribution in [2.45, 2.75) is 57.5 Å². The van der Waals surface area contributed by atoms with Crippen LogP contribution >= 0.6 is 21.7 Å². The first kappa shape index (κ1) is 46.0. The lowest BCUT2D eigenvalue weighted by Crippen LogP contribution is -2.45. The van der Waals surface area contributed by atoms with Crippen molar-refractivity contribution in [1.29, 1.82) is 0 Å². The predicted octanol–water partition coefficient (Wildman–Crippen LogP) is -0.113. The smallest absolute Gasteiger partial charge is 0.0900 e. The minimum Gasteiger partial charge on any atom is -0.389 e. The van der Waals surface area contributed by atoms with Crippen LogP contribution in [0, 0.1) is 0 Å². The van der Waals surface area contributed by atoms with Gasteiger partial charge in [0.15, 0.2) is 0 Å². The van der Waals surface area contributed by atoms with Crippen LogP contribution in [0.5, 0.6) is 0 Å². The minimum absolute atomic E-state index is 0.0273. The molecule has 13 N–H and O–H groups in total. The Morgan fingerprint density at radius 2 is 1.04 bits per heavy atom. The molecule has 0 aliphatic rings. The number of aliphatic hydroxyl groups excluding tert-OH is 3. The quantitative estimate of drug-likeness (QED) is 0.0418. The Hall–Kier alpha value is 0.0200. The third-order valence-corrected chi connectivity index (χ3v) is 7.96. The summed E-state index contributed by atoms with van der Waals surface area (Å²) in [6.07, 6.45) is -1.80. The number of hydrogen-bond donors (Lipinski definition) is 12.